The van der Waals surface area contributed by atoms with Crippen LogP contribution in [0.5, 0.6) is 0 Å². The normalized spacial score (nSPS) is 18.3. The van der Waals surface area contributed by atoms with Gasteiger partial charge in [0, 0.05) is 26.1 Å². The summed E-state index contributed by atoms with van der Waals surface area (Å²) < 4.78 is 3.50. The Balaban J connectivity index is 1.67. The van der Waals surface area contributed by atoms with Crippen LogP contribution in [0.15, 0.2) is 6.33 Å². The second kappa shape index (κ2) is 7.04. The van der Waals surface area contributed by atoms with Crippen LogP contribution in [0.2, 0.25) is 0 Å². The van der Waals surface area contributed by atoms with E-state index in [0.717, 1.165) is 37.6 Å². The minimum Gasteiger partial charge on any atom is -0.340 e. The van der Waals surface area contributed by atoms with Crippen molar-refractivity contribution in [2.24, 2.45) is 7.05 Å². The molecule has 2 aromatic heterocycles. The molecule has 130 valence electrons. The van der Waals surface area contributed by atoms with Crippen molar-refractivity contribution in [1.82, 2.24) is 44.8 Å². The number of amides is 1. The predicted molar refractivity (Wildman–Crippen MR) is 84.8 cm³/mol. The molecule has 1 atom stereocenters. The Hall–Kier alpha value is -2.36. The van der Waals surface area contributed by atoms with Crippen LogP contribution in [0.1, 0.15) is 30.4 Å². The fraction of sp³-hybridized carbons (Fsp3) is 0.714. The van der Waals surface area contributed by atoms with E-state index >= 15 is 0 Å². The van der Waals surface area contributed by atoms with E-state index in [0.29, 0.717) is 6.54 Å². The summed E-state index contributed by atoms with van der Waals surface area (Å²) in [6, 6.07) is 0. The van der Waals surface area contributed by atoms with Crippen LogP contribution in [0.4, 0.5) is 0 Å². The van der Waals surface area contributed by atoms with Crippen molar-refractivity contribution in [1.29, 1.82) is 0 Å². The monoisotopic (exact) mass is 333 g/mol. The van der Waals surface area contributed by atoms with E-state index in [1.165, 1.54) is 11.0 Å². The van der Waals surface area contributed by atoms with E-state index in [1.807, 2.05) is 26.0 Å². The zero-order chi connectivity index (χ0) is 17.1. The van der Waals surface area contributed by atoms with Crippen LogP contribution in [-0.2, 0) is 24.9 Å². The molecule has 3 rings (SSSR count). The average molecular weight is 333 g/mol. The number of likely N-dealkylation sites (tertiary alicyclic amines) is 1. The van der Waals surface area contributed by atoms with Crippen LogP contribution < -0.4 is 0 Å². The number of nitrogens with zero attached hydrogens (tertiary/aromatic N) is 9. The van der Waals surface area contributed by atoms with Gasteiger partial charge < -0.3 is 14.4 Å². The largest absolute Gasteiger partial charge is 0.340 e. The molecule has 0 aromatic carbocycles. The van der Waals surface area contributed by atoms with Gasteiger partial charge in [0.05, 0.1) is 6.54 Å². The zero-order valence-corrected chi connectivity index (χ0v) is 14.3. The molecule has 1 aliphatic rings. The first-order valence-electron chi connectivity index (χ1n) is 8.06. The third-order valence-corrected chi connectivity index (χ3v) is 4.28. The Bertz CT molecular complexity index is 678. The zero-order valence-electron chi connectivity index (χ0n) is 14.3. The molecule has 1 saturated heterocycles. The molecule has 0 aliphatic carbocycles. The van der Waals surface area contributed by atoms with Crippen LogP contribution in [-0.4, -0.2) is 77.9 Å². The molecule has 0 spiro atoms. The minimum absolute atomic E-state index is 0.0303. The second-order valence-electron chi connectivity index (χ2n) is 6.46. The van der Waals surface area contributed by atoms with Crippen LogP contribution in [0.3, 0.4) is 0 Å². The highest BCUT2D eigenvalue weighted by molar-refractivity contribution is 5.76. The van der Waals surface area contributed by atoms with E-state index in [4.69, 9.17) is 0 Å². The van der Waals surface area contributed by atoms with Crippen molar-refractivity contribution < 1.29 is 4.79 Å². The van der Waals surface area contributed by atoms with Crippen LogP contribution in [0.25, 0.3) is 0 Å². The maximum Gasteiger partial charge on any atom is 0.244 e. The molecule has 1 fully saturated rings. The Kier molecular flexibility index (Phi) is 4.84. The maximum absolute atomic E-state index is 12.4. The van der Waals surface area contributed by atoms with Crippen molar-refractivity contribution in [2.45, 2.75) is 31.8 Å². The van der Waals surface area contributed by atoms with Gasteiger partial charge in [0.1, 0.15) is 24.5 Å². The number of tetrazole rings is 1. The van der Waals surface area contributed by atoms with E-state index in [2.05, 4.69) is 35.2 Å². The maximum atomic E-state index is 12.4. The molecule has 0 N–H and O–H groups in total. The molecule has 1 aliphatic heterocycles. The first-order valence-corrected chi connectivity index (χ1v) is 8.06. The summed E-state index contributed by atoms with van der Waals surface area (Å²) in [7, 11) is 6.01. The molecule has 0 bridgehead atoms. The number of piperidine rings is 1. The quantitative estimate of drug-likeness (QED) is 0.711. The van der Waals surface area contributed by atoms with Crippen molar-refractivity contribution in [3.8, 4) is 0 Å². The molecule has 0 unspecified atom stereocenters. The Morgan fingerprint density at radius 2 is 2.21 bits per heavy atom. The molecule has 0 radical (unpaired) electrons. The van der Waals surface area contributed by atoms with Gasteiger partial charge in [0.15, 0.2) is 0 Å². The molecule has 24 heavy (non-hydrogen) atoms. The number of hydrogen-bond acceptors (Lipinski definition) is 7. The molecule has 0 saturated carbocycles. The molecule has 10 heteroatoms. The number of aromatic nitrogens is 7. The van der Waals surface area contributed by atoms with Crippen molar-refractivity contribution in [2.75, 3.05) is 27.2 Å². The fourth-order valence-corrected chi connectivity index (χ4v) is 3.06. The van der Waals surface area contributed by atoms with Gasteiger partial charge in [-0.15, -0.1) is 15.3 Å². The smallest absolute Gasteiger partial charge is 0.244 e. The lowest BCUT2D eigenvalue weighted by molar-refractivity contribution is -0.133. The molecule has 10 nitrogen and oxygen atoms in total. The number of carbonyl (C=O) groups is 1. The summed E-state index contributed by atoms with van der Waals surface area (Å²) >= 11 is 0. The topological polar surface area (TPSA) is 97.9 Å². The Labute approximate surface area is 140 Å². The third kappa shape index (κ3) is 3.58. The van der Waals surface area contributed by atoms with Crippen molar-refractivity contribution >= 4 is 5.91 Å². The summed E-state index contributed by atoms with van der Waals surface area (Å²) in [5.74, 6) is 2.13. The van der Waals surface area contributed by atoms with E-state index in [1.54, 1.807) is 0 Å². The summed E-state index contributed by atoms with van der Waals surface area (Å²) in [5.41, 5.74) is 0. The first-order chi connectivity index (χ1) is 11.5. The van der Waals surface area contributed by atoms with Gasteiger partial charge in [0.25, 0.3) is 0 Å². The summed E-state index contributed by atoms with van der Waals surface area (Å²) in [4.78, 5) is 16.4. The SMILES string of the molecule is CN(C)Cc1nnc([C@@H]2CCCN(C(=O)Cn3cnnn3)C2)n1C. The van der Waals surface area contributed by atoms with Gasteiger partial charge in [-0.25, -0.2) is 4.68 Å². The fourth-order valence-electron chi connectivity index (χ4n) is 3.06. The van der Waals surface area contributed by atoms with Crippen LogP contribution >= 0.6 is 0 Å². The first kappa shape index (κ1) is 16.5. The highest BCUT2D eigenvalue weighted by atomic mass is 16.2. The highest BCUT2D eigenvalue weighted by Crippen LogP contribution is 2.26. The summed E-state index contributed by atoms with van der Waals surface area (Å²) in [5, 5.41) is 19.5. The van der Waals surface area contributed by atoms with Gasteiger partial charge >= 0.3 is 0 Å². The Morgan fingerprint density at radius 3 is 2.92 bits per heavy atom. The van der Waals surface area contributed by atoms with Gasteiger partial charge in [-0.1, -0.05) is 0 Å². The number of rotatable bonds is 5. The lowest BCUT2D eigenvalue weighted by Crippen LogP contribution is -2.41. The molecular formula is C14H23N9O. The number of hydrogen-bond donors (Lipinski definition) is 0. The van der Waals surface area contributed by atoms with E-state index < -0.39 is 0 Å². The van der Waals surface area contributed by atoms with Gasteiger partial charge in [0.2, 0.25) is 5.91 Å². The average Bonchev–Trinajstić information content (AvgIpc) is 3.18. The van der Waals surface area contributed by atoms with Gasteiger partial charge in [-0.05, 0) is 37.4 Å². The standard InChI is InChI=1S/C14H23N9O/c1-20(2)8-12-16-17-14(21(12)3)11-5-4-6-22(7-11)13(24)9-23-10-15-18-19-23/h10-11H,4-9H2,1-3H3/t11-/m1/s1. The highest BCUT2D eigenvalue weighted by Gasteiger charge is 2.28. The van der Waals surface area contributed by atoms with Crippen LogP contribution in [0, 0.1) is 0 Å². The predicted octanol–water partition coefficient (Wildman–Crippen LogP) is -0.731. The van der Waals surface area contributed by atoms with E-state index in [-0.39, 0.29) is 18.4 Å². The second-order valence-corrected chi connectivity index (χ2v) is 6.46. The summed E-state index contributed by atoms with van der Waals surface area (Å²) in [6.07, 6.45) is 3.43. The van der Waals surface area contributed by atoms with Crippen molar-refractivity contribution in [3.63, 3.8) is 0 Å². The third-order valence-electron chi connectivity index (χ3n) is 4.28. The Morgan fingerprint density at radius 1 is 1.38 bits per heavy atom. The molecule has 1 amide bonds. The lowest BCUT2D eigenvalue weighted by atomic mass is 9.97. The molecular weight excluding hydrogens is 310 g/mol. The number of carbonyl (C=O) groups excluding carboxylic acids is 1. The molecule has 3 heterocycles. The van der Waals surface area contributed by atoms with E-state index in [9.17, 15) is 4.79 Å². The van der Waals surface area contributed by atoms with Crippen molar-refractivity contribution in [3.05, 3.63) is 18.0 Å². The van der Waals surface area contributed by atoms with Gasteiger partial charge in [-0.3, -0.25) is 4.79 Å². The van der Waals surface area contributed by atoms with Gasteiger partial charge in [-0.2, -0.15) is 0 Å². The molecule has 2 aromatic rings. The summed E-state index contributed by atoms with van der Waals surface area (Å²) in [6.45, 7) is 2.34. The lowest BCUT2D eigenvalue weighted by Gasteiger charge is -2.32. The minimum atomic E-state index is 0.0303.